The summed E-state index contributed by atoms with van der Waals surface area (Å²) in [6, 6.07) is 1.79. The average Bonchev–Trinajstić information content (AvgIpc) is 3.21. The van der Waals surface area contributed by atoms with Crippen LogP contribution in [0.15, 0.2) is 24.7 Å². The first-order chi connectivity index (χ1) is 15.7. The van der Waals surface area contributed by atoms with E-state index in [4.69, 9.17) is 21.1 Å². The van der Waals surface area contributed by atoms with Gasteiger partial charge in [0.2, 0.25) is 16.0 Å². The van der Waals surface area contributed by atoms with E-state index >= 15 is 0 Å². The summed E-state index contributed by atoms with van der Waals surface area (Å²) < 4.78 is 43.5. The van der Waals surface area contributed by atoms with Crippen molar-refractivity contribution < 1.29 is 17.9 Å². The lowest BCUT2D eigenvalue weighted by molar-refractivity contribution is 0.0950. The summed E-state index contributed by atoms with van der Waals surface area (Å²) in [6.07, 6.45) is 5.22. The predicted octanol–water partition coefficient (Wildman–Crippen LogP) is 1.78. The Balaban J connectivity index is 1.69. The van der Waals surface area contributed by atoms with E-state index in [0.29, 0.717) is 23.1 Å². The molecule has 0 bridgehead atoms. The van der Waals surface area contributed by atoms with Crippen molar-refractivity contribution in [2.24, 2.45) is 7.05 Å². The zero-order valence-corrected chi connectivity index (χ0v) is 20.2. The number of ether oxygens (including phenoxy) is 2. The maximum atomic E-state index is 13.3. The van der Waals surface area contributed by atoms with Crippen LogP contribution in [0.5, 0.6) is 0 Å². The zero-order chi connectivity index (χ0) is 23.8. The highest BCUT2D eigenvalue weighted by atomic mass is 35.5. The molecule has 178 valence electrons. The van der Waals surface area contributed by atoms with Gasteiger partial charge in [0.1, 0.15) is 17.0 Å². The van der Waals surface area contributed by atoms with Gasteiger partial charge in [-0.1, -0.05) is 11.6 Å². The molecule has 1 fully saturated rings. The quantitative estimate of drug-likeness (QED) is 0.444. The number of rotatable bonds is 10. The van der Waals surface area contributed by atoms with Crippen molar-refractivity contribution in [2.75, 3.05) is 25.5 Å². The van der Waals surface area contributed by atoms with Gasteiger partial charge in [0, 0.05) is 39.9 Å². The summed E-state index contributed by atoms with van der Waals surface area (Å²) in [7, 11) is 0.799. The van der Waals surface area contributed by atoms with Gasteiger partial charge in [0.05, 0.1) is 17.2 Å². The van der Waals surface area contributed by atoms with Crippen LogP contribution in [0.25, 0.3) is 11.5 Å². The molecule has 14 heteroatoms. The van der Waals surface area contributed by atoms with Gasteiger partial charge >= 0.3 is 0 Å². The lowest BCUT2D eigenvalue weighted by atomic mass is 10.2. The van der Waals surface area contributed by atoms with Gasteiger partial charge < -0.3 is 9.47 Å². The van der Waals surface area contributed by atoms with Gasteiger partial charge in [0.25, 0.3) is 0 Å². The molecular weight excluding hydrogens is 472 g/mol. The van der Waals surface area contributed by atoms with Gasteiger partial charge in [-0.05, 0) is 25.8 Å². The molecule has 0 unspecified atom stereocenters. The van der Waals surface area contributed by atoms with Crippen molar-refractivity contribution in [3.05, 3.63) is 35.5 Å². The molecule has 1 N–H and O–H groups in total. The molecule has 0 aromatic carbocycles. The Morgan fingerprint density at radius 1 is 1.24 bits per heavy atom. The van der Waals surface area contributed by atoms with Crippen LogP contribution in [0.3, 0.4) is 0 Å². The Bertz CT molecular complexity index is 1220. The second kappa shape index (κ2) is 8.97. The third kappa shape index (κ3) is 4.58. The summed E-state index contributed by atoms with van der Waals surface area (Å²) in [5.74, 6) is 0.747. The first-order valence-electron chi connectivity index (χ1n) is 10.2. The first kappa shape index (κ1) is 23.5. The summed E-state index contributed by atoms with van der Waals surface area (Å²) in [5, 5.41) is 12.1. The summed E-state index contributed by atoms with van der Waals surface area (Å²) in [5.41, 5.74) is 0.127. The van der Waals surface area contributed by atoms with Crippen molar-refractivity contribution in [1.82, 2.24) is 34.5 Å². The van der Waals surface area contributed by atoms with E-state index in [0.717, 1.165) is 12.8 Å². The van der Waals surface area contributed by atoms with Crippen molar-refractivity contribution in [2.45, 2.75) is 36.7 Å². The predicted molar refractivity (Wildman–Crippen MR) is 120 cm³/mol. The minimum atomic E-state index is -3.99. The van der Waals surface area contributed by atoms with E-state index in [1.807, 2.05) is 0 Å². The average molecular weight is 497 g/mol. The van der Waals surface area contributed by atoms with Crippen LogP contribution in [0.2, 0.25) is 5.02 Å². The van der Waals surface area contributed by atoms with Gasteiger partial charge in [-0.2, -0.15) is 5.10 Å². The Hall–Kier alpha value is -2.61. The number of sulfonamides is 1. The fourth-order valence-electron chi connectivity index (χ4n) is 3.70. The molecule has 3 heterocycles. The fraction of sp³-hybridized carbons (Fsp3) is 0.526. The maximum Gasteiger partial charge on any atom is 0.240 e. The van der Waals surface area contributed by atoms with Crippen LogP contribution in [-0.4, -0.2) is 69.0 Å². The van der Waals surface area contributed by atoms with Gasteiger partial charge in [-0.3, -0.25) is 14.0 Å². The second-order valence-corrected chi connectivity index (χ2v) is 10.5. The van der Waals surface area contributed by atoms with Crippen LogP contribution in [0, 0.1) is 0 Å². The number of aromatic nitrogens is 7. The number of aryl methyl sites for hydroxylation is 1. The molecule has 2 atom stereocenters. The summed E-state index contributed by atoms with van der Waals surface area (Å²) >= 11 is 5.85. The molecule has 0 amide bonds. The van der Waals surface area contributed by atoms with Crippen LogP contribution in [0.1, 0.15) is 31.7 Å². The molecule has 12 nitrogen and oxygen atoms in total. The minimum Gasteiger partial charge on any atom is -0.382 e. The first-order valence-corrected chi connectivity index (χ1v) is 12.1. The standard InChI is InChI=1S/C19H25ClN8O4S/c1-12(15(32-4)16-21-9-13(20)10-22-16)33(29,30)26-18-24-23-17(14-5-8-27(2)25-14)28(18)19(6-7-19)11-31-3/h5,8-10,12,15H,6-7,11H2,1-4H3,(H,24,26)/t12-,15-/m0/s1. The molecule has 3 aromatic heterocycles. The lowest BCUT2D eigenvalue weighted by Gasteiger charge is -2.24. The monoisotopic (exact) mass is 496 g/mol. The van der Waals surface area contributed by atoms with E-state index < -0.39 is 26.9 Å². The molecule has 1 saturated carbocycles. The van der Waals surface area contributed by atoms with Crippen molar-refractivity contribution in [1.29, 1.82) is 0 Å². The number of nitrogens with one attached hydrogen (secondary N) is 1. The Labute approximate surface area is 196 Å². The SMILES string of the molecule is COCC1(n2c(NS(=O)(=O)[C@@H](C)[C@H](OC)c3ncc(Cl)cn3)nnc2-c2ccn(C)n2)CC1. The Morgan fingerprint density at radius 3 is 2.48 bits per heavy atom. The third-order valence-electron chi connectivity index (χ3n) is 5.62. The normalized spacial score (nSPS) is 17.0. The molecule has 33 heavy (non-hydrogen) atoms. The van der Waals surface area contributed by atoms with Crippen molar-refractivity contribution in [3.63, 3.8) is 0 Å². The third-order valence-corrected chi connectivity index (χ3v) is 7.51. The number of nitrogens with zero attached hydrogens (tertiary/aromatic N) is 7. The molecule has 1 aliphatic rings. The molecule has 3 aromatic rings. The smallest absolute Gasteiger partial charge is 0.240 e. The number of hydrogen-bond donors (Lipinski definition) is 1. The largest absolute Gasteiger partial charge is 0.382 e. The van der Waals surface area contributed by atoms with Gasteiger partial charge in [-0.25, -0.2) is 18.4 Å². The zero-order valence-electron chi connectivity index (χ0n) is 18.6. The molecule has 0 aliphatic heterocycles. The van der Waals surface area contributed by atoms with E-state index in [2.05, 4.69) is 30.0 Å². The maximum absolute atomic E-state index is 13.3. The van der Waals surface area contributed by atoms with Crippen LogP contribution in [0.4, 0.5) is 5.95 Å². The summed E-state index contributed by atoms with van der Waals surface area (Å²) in [6.45, 7) is 1.89. The molecule has 4 rings (SSSR count). The number of hydrogen-bond acceptors (Lipinski definition) is 9. The van der Waals surface area contributed by atoms with Gasteiger partial charge in [-0.15, -0.1) is 10.2 Å². The lowest BCUT2D eigenvalue weighted by Crippen LogP contribution is -2.35. The van der Waals surface area contributed by atoms with Crippen molar-refractivity contribution >= 4 is 27.6 Å². The second-order valence-electron chi connectivity index (χ2n) is 7.98. The van der Waals surface area contributed by atoms with Crippen LogP contribution >= 0.6 is 11.6 Å². The van der Waals surface area contributed by atoms with Gasteiger partial charge in [0.15, 0.2) is 11.6 Å². The summed E-state index contributed by atoms with van der Waals surface area (Å²) in [4.78, 5) is 8.22. The molecule has 0 spiro atoms. The van der Waals surface area contributed by atoms with E-state index in [1.54, 1.807) is 35.7 Å². The minimum absolute atomic E-state index is 0.0870. The highest BCUT2D eigenvalue weighted by Crippen LogP contribution is 2.47. The Morgan fingerprint density at radius 2 is 1.94 bits per heavy atom. The van der Waals surface area contributed by atoms with E-state index in [-0.39, 0.29) is 11.8 Å². The van der Waals surface area contributed by atoms with Crippen LogP contribution < -0.4 is 4.72 Å². The number of halogens is 1. The van der Waals surface area contributed by atoms with Crippen molar-refractivity contribution in [3.8, 4) is 11.5 Å². The molecule has 1 aliphatic carbocycles. The van der Waals surface area contributed by atoms with E-state index in [1.165, 1.54) is 26.4 Å². The van der Waals surface area contributed by atoms with E-state index in [9.17, 15) is 8.42 Å². The number of methoxy groups -OCH3 is 2. The molecule has 0 radical (unpaired) electrons. The molecular formula is C19H25ClN8O4S. The highest BCUT2D eigenvalue weighted by molar-refractivity contribution is 7.93. The Kier molecular flexibility index (Phi) is 6.40. The number of anilines is 1. The highest BCUT2D eigenvalue weighted by Gasteiger charge is 2.49. The topological polar surface area (TPSA) is 139 Å². The van der Waals surface area contributed by atoms with Crippen LogP contribution in [-0.2, 0) is 32.1 Å². The fourth-order valence-corrected chi connectivity index (χ4v) is 4.93. The molecule has 0 saturated heterocycles.